The topological polar surface area (TPSA) is 55.4 Å². The molecular weight excluding hydrogens is 461 g/mol. The van der Waals surface area contributed by atoms with Gasteiger partial charge in [0.1, 0.15) is 17.7 Å². The van der Waals surface area contributed by atoms with Crippen LogP contribution in [0.5, 0.6) is 0 Å². The Bertz CT molecular complexity index is 1130. The molecule has 2 N–H and O–H groups in total. The third kappa shape index (κ3) is 4.63. The second-order valence-electron chi connectivity index (χ2n) is 9.74. The van der Waals surface area contributed by atoms with E-state index in [0.29, 0.717) is 18.8 Å². The molecule has 2 atom stereocenters. The molecular formula is C25H31F3N4OS. The highest BCUT2D eigenvalue weighted by molar-refractivity contribution is 7.11. The summed E-state index contributed by atoms with van der Waals surface area (Å²) >= 11 is 1.59. The molecule has 1 fully saturated rings. The van der Waals surface area contributed by atoms with Crippen LogP contribution >= 0.6 is 11.3 Å². The van der Waals surface area contributed by atoms with Crippen molar-refractivity contribution >= 4 is 22.2 Å². The van der Waals surface area contributed by atoms with Crippen LogP contribution in [0, 0.1) is 5.92 Å². The summed E-state index contributed by atoms with van der Waals surface area (Å²) in [4.78, 5) is 13.4. The summed E-state index contributed by atoms with van der Waals surface area (Å²) in [6.45, 7) is 2.74. The van der Waals surface area contributed by atoms with Crippen LogP contribution in [-0.4, -0.2) is 76.3 Å². The summed E-state index contributed by atoms with van der Waals surface area (Å²) in [5.74, 6) is -2.66. The van der Waals surface area contributed by atoms with Crippen LogP contribution in [0.2, 0.25) is 0 Å². The number of thiazole rings is 1. The van der Waals surface area contributed by atoms with Gasteiger partial charge < -0.3 is 15.0 Å². The summed E-state index contributed by atoms with van der Waals surface area (Å²) in [5, 5.41) is 11.2. The third-order valence-corrected chi connectivity index (χ3v) is 8.17. The zero-order valence-corrected chi connectivity index (χ0v) is 20.1. The first-order valence-electron chi connectivity index (χ1n) is 12.0. The maximum atomic E-state index is 14.4. The van der Waals surface area contributed by atoms with E-state index in [1.807, 2.05) is 31.3 Å². The van der Waals surface area contributed by atoms with Crippen LogP contribution in [0.1, 0.15) is 40.5 Å². The highest BCUT2D eigenvalue weighted by atomic mass is 32.1. The van der Waals surface area contributed by atoms with Gasteiger partial charge in [-0.05, 0) is 43.7 Å². The zero-order valence-electron chi connectivity index (χ0n) is 19.3. The largest absolute Gasteiger partial charge is 0.390 e. The van der Waals surface area contributed by atoms with Crippen LogP contribution < -0.4 is 0 Å². The Hall–Kier alpha value is -1.94. The van der Waals surface area contributed by atoms with Gasteiger partial charge in [0.25, 0.3) is 5.92 Å². The molecule has 0 unspecified atom stereocenters. The summed E-state index contributed by atoms with van der Waals surface area (Å²) < 4.78 is 41.2. The lowest BCUT2D eigenvalue weighted by Crippen LogP contribution is -2.49. The van der Waals surface area contributed by atoms with E-state index in [-0.39, 0.29) is 12.7 Å². The molecule has 0 bridgehead atoms. The molecule has 0 amide bonds. The molecule has 2 aliphatic heterocycles. The lowest BCUT2D eigenvalue weighted by Gasteiger charge is -2.41. The molecule has 9 heteroatoms. The van der Waals surface area contributed by atoms with Gasteiger partial charge in [-0.15, -0.1) is 11.3 Å². The number of fused-ring (bicyclic) bond motifs is 3. The number of aliphatic hydroxyl groups is 1. The number of para-hydroxylation sites is 1. The van der Waals surface area contributed by atoms with Crippen molar-refractivity contribution in [1.29, 1.82) is 0 Å². The van der Waals surface area contributed by atoms with E-state index < -0.39 is 25.1 Å². The van der Waals surface area contributed by atoms with Crippen molar-refractivity contribution in [3.63, 3.8) is 0 Å². The molecule has 184 valence electrons. The second-order valence-corrected chi connectivity index (χ2v) is 10.9. The smallest absolute Gasteiger partial charge is 0.283 e. The number of nitrogens with one attached hydrogen (secondary N) is 1. The molecule has 2 aliphatic rings. The minimum atomic E-state index is -3.19. The Labute approximate surface area is 201 Å². The van der Waals surface area contributed by atoms with E-state index in [1.54, 1.807) is 16.2 Å². The maximum Gasteiger partial charge on any atom is 0.283 e. The van der Waals surface area contributed by atoms with E-state index in [2.05, 4.69) is 16.0 Å². The SMILES string of the molecule is C[C@@H]1Cc2c([nH]c3ccccc23)[C@@H](c2ncc(CC3CN(CCCF)C3)s2)N1CC(F)(F)CO. The van der Waals surface area contributed by atoms with Crippen molar-refractivity contribution in [1.82, 2.24) is 19.8 Å². The standard InChI is InChI=1S/C25H31F3N4OS/c1-16-9-20-19-5-2-3-6-21(19)30-22(20)23(32(16)14-25(27,28)15-33)24-29-11-18(34-24)10-17-12-31(13-17)8-4-7-26/h2-3,5-6,11,16-17,23,30,33H,4,7-10,12-15H2,1H3/t16-,23+/m1/s1. The Balaban J connectivity index is 1.43. The molecule has 0 spiro atoms. The fourth-order valence-corrected chi connectivity index (χ4v) is 6.60. The number of halogens is 3. The number of likely N-dealkylation sites (tertiary alicyclic amines) is 1. The van der Waals surface area contributed by atoms with Crippen molar-refractivity contribution in [2.75, 3.05) is 39.5 Å². The van der Waals surface area contributed by atoms with Gasteiger partial charge in [-0.3, -0.25) is 9.29 Å². The minimum absolute atomic E-state index is 0.128. The maximum absolute atomic E-state index is 14.4. The molecule has 1 saturated heterocycles. The molecule has 5 rings (SSSR count). The first kappa shape index (κ1) is 23.8. The van der Waals surface area contributed by atoms with Crippen LogP contribution in [0.4, 0.5) is 13.2 Å². The van der Waals surface area contributed by atoms with Gasteiger partial charge in [0.2, 0.25) is 0 Å². The van der Waals surface area contributed by atoms with E-state index in [9.17, 15) is 18.3 Å². The highest BCUT2D eigenvalue weighted by Crippen LogP contribution is 2.43. The van der Waals surface area contributed by atoms with Crippen molar-refractivity contribution in [3.05, 3.63) is 51.6 Å². The van der Waals surface area contributed by atoms with E-state index >= 15 is 0 Å². The van der Waals surface area contributed by atoms with Crippen molar-refractivity contribution in [2.24, 2.45) is 5.92 Å². The number of nitrogens with zero attached hydrogens (tertiary/aromatic N) is 3. The second kappa shape index (κ2) is 9.60. The lowest BCUT2D eigenvalue weighted by molar-refractivity contribution is -0.0864. The number of benzene rings is 1. The normalized spacial score (nSPS) is 22.3. The van der Waals surface area contributed by atoms with Crippen molar-refractivity contribution in [3.8, 4) is 0 Å². The molecule has 0 aliphatic carbocycles. The van der Waals surface area contributed by atoms with Gasteiger partial charge in [0.05, 0.1) is 13.2 Å². The van der Waals surface area contributed by atoms with Crippen LogP contribution in [0.15, 0.2) is 30.5 Å². The first-order chi connectivity index (χ1) is 16.4. The summed E-state index contributed by atoms with van der Waals surface area (Å²) in [5.41, 5.74) is 3.09. The lowest BCUT2D eigenvalue weighted by atomic mass is 9.92. The molecule has 5 nitrogen and oxygen atoms in total. The number of aromatic nitrogens is 2. The van der Waals surface area contributed by atoms with Crippen molar-refractivity contribution < 1.29 is 18.3 Å². The van der Waals surface area contributed by atoms with E-state index in [0.717, 1.165) is 58.1 Å². The summed E-state index contributed by atoms with van der Waals surface area (Å²) in [6, 6.07) is 7.52. The number of aromatic amines is 1. The molecule has 2 aromatic heterocycles. The van der Waals surface area contributed by atoms with Gasteiger partial charge in [-0.25, -0.2) is 13.8 Å². The summed E-state index contributed by atoms with van der Waals surface area (Å²) in [7, 11) is 0. The quantitative estimate of drug-likeness (QED) is 0.464. The van der Waals surface area contributed by atoms with Gasteiger partial charge in [0.15, 0.2) is 0 Å². The van der Waals surface area contributed by atoms with E-state index in [4.69, 9.17) is 4.98 Å². The Morgan fingerprint density at radius 1 is 1.26 bits per heavy atom. The number of alkyl halides is 3. The van der Waals surface area contributed by atoms with Crippen LogP contribution in [0.3, 0.4) is 0 Å². The zero-order chi connectivity index (χ0) is 23.9. The molecule has 34 heavy (non-hydrogen) atoms. The van der Waals surface area contributed by atoms with Crippen LogP contribution in [-0.2, 0) is 12.8 Å². The number of rotatable bonds is 9. The number of H-pyrrole nitrogens is 1. The van der Waals surface area contributed by atoms with Crippen molar-refractivity contribution in [2.45, 2.75) is 44.2 Å². The Morgan fingerprint density at radius 3 is 2.82 bits per heavy atom. The average Bonchev–Trinajstić information content (AvgIpc) is 3.40. The molecule has 0 radical (unpaired) electrons. The van der Waals surface area contributed by atoms with Gasteiger partial charge in [-0.1, -0.05) is 18.2 Å². The Morgan fingerprint density at radius 2 is 2.06 bits per heavy atom. The monoisotopic (exact) mass is 492 g/mol. The predicted octanol–water partition coefficient (Wildman–Crippen LogP) is 4.42. The molecule has 4 heterocycles. The van der Waals surface area contributed by atoms with Crippen LogP contribution in [0.25, 0.3) is 10.9 Å². The molecule has 1 aromatic carbocycles. The van der Waals surface area contributed by atoms with Gasteiger partial charge >= 0.3 is 0 Å². The third-order valence-electron chi connectivity index (χ3n) is 7.10. The number of hydrogen-bond acceptors (Lipinski definition) is 5. The average molecular weight is 493 g/mol. The molecule has 0 saturated carbocycles. The highest BCUT2D eigenvalue weighted by Gasteiger charge is 2.42. The first-order valence-corrected chi connectivity index (χ1v) is 12.8. The Kier molecular flexibility index (Phi) is 6.72. The number of hydrogen-bond donors (Lipinski definition) is 2. The fraction of sp³-hybridized carbons (Fsp3) is 0.560. The number of aliphatic hydroxyl groups excluding tert-OH is 1. The van der Waals surface area contributed by atoms with Gasteiger partial charge in [0, 0.05) is 53.3 Å². The fourth-order valence-electron chi connectivity index (χ4n) is 5.44. The van der Waals surface area contributed by atoms with Gasteiger partial charge in [-0.2, -0.15) is 0 Å². The summed E-state index contributed by atoms with van der Waals surface area (Å²) in [6.07, 6.45) is 4.03. The van der Waals surface area contributed by atoms with E-state index in [1.165, 1.54) is 0 Å². The minimum Gasteiger partial charge on any atom is -0.390 e. The molecule has 3 aromatic rings. The predicted molar refractivity (Wildman–Crippen MR) is 128 cm³/mol.